The first-order valence-corrected chi connectivity index (χ1v) is 5.00. The molecule has 0 radical (unpaired) electrons. The van der Waals surface area contributed by atoms with E-state index in [9.17, 15) is 4.79 Å². The highest BCUT2D eigenvalue weighted by atomic mass is 16.5. The molecule has 1 rings (SSSR count). The predicted molar refractivity (Wildman–Crippen MR) is 60.2 cm³/mol. The fourth-order valence-electron chi connectivity index (χ4n) is 1.34. The molecular weight excluding hydrogens is 208 g/mol. The third-order valence-electron chi connectivity index (χ3n) is 2.08. The van der Waals surface area contributed by atoms with Crippen molar-refractivity contribution in [3.05, 3.63) is 23.8 Å². The molecule has 0 saturated carbocycles. The number of nitrogens with one attached hydrogen (secondary N) is 1. The van der Waals surface area contributed by atoms with Crippen molar-refractivity contribution in [1.82, 2.24) is 5.43 Å². The molecule has 0 heterocycles. The molecule has 5 heteroatoms. The molecule has 1 aromatic rings. The normalized spacial score (nSPS) is 9.69. The van der Waals surface area contributed by atoms with Crippen LogP contribution < -0.4 is 20.7 Å². The van der Waals surface area contributed by atoms with Gasteiger partial charge in [-0.05, 0) is 25.1 Å². The minimum Gasteiger partial charge on any atom is -0.497 e. The standard InChI is InChI=1S/C11H16N2O3/c1-3-16-10-5-4-9(15-2)6-8(10)7-11(14)13-12/h4-6H,3,7,12H2,1-2H3,(H,13,14). The van der Waals surface area contributed by atoms with Crippen LogP contribution in [-0.4, -0.2) is 19.6 Å². The molecule has 0 aliphatic rings. The highest BCUT2D eigenvalue weighted by Crippen LogP contribution is 2.24. The lowest BCUT2D eigenvalue weighted by Crippen LogP contribution is -2.31. The van der Waals surface area contributed by atoms with Crippen LogP contribution in [0.1, 0.15) is 12.5 Å². The average molecular weight is 224 g/mol. The molecule has 5 nitrogen and oxygen atoms in total. The second-order valence-electron chi connectivity index (χ2n) is 3.15. The molecule has 0 aliphatic carbocycles. The molecule has 0 spiro atoms. The second-order valence-corrected chi connectivity index (χ2v) is 3.15. The van der Waals surface area contributed by atoms with Crippen molar-refractivity contribution in [2.24, 2.45) is 5.84 Å². The van der Waals surface area contributed by atoms with E-state index in [1.54, 1.807) is 25.3 Å². The zero-order chi connectivity index (χ0) is 12.0. The third-order valence-corrected chi connectivity index (χ3v) is 2.08. The van der Waals surface area contributed by atoms with E-state index in [4.69, 9.17) is 15.3 Å². The van der Waals surface area contributed by atoms with E-state index >= 15 is 0 Å². The van der Waals surface area contributed by atoms with E-state index in [1.165, 1.54) is 0 Å². The molecule has 88 valence electrons. The van der Waals surface area contributed by atoms with Crippen molar-refractivity contribution >= 4 is 5.91 Å². The first-order chi connectivity index (χ1) is 7.71. The van der Waals surface area contributed by atoms with E-state index < -0.39 is 0 Å². The van der Waals surface area contributed by atoms with Gasteiger partial charge in [-0.15, -0.1) is 0 Å². The van der Waals surface area contributed by atoms with Crippen LogP contribution in [0, 0.1) is 0 Å². The van der Waals surface area contributed by atoms with Crippen LogP contribution in [0.25, 0.3) is 0 Å². The first kappa shape index (κ1) is 12.3. The summed E-state index contributed by atoms with van der Waals surface area (Å²) in [5.41, 5.74) is 2.84. The Morgan fingerprint density at radius 1 is 1.50 bits per heavy atom. The molecule has 1 amide bonds. The van der Waals surface area contributed by atoms with Gasteiger partial charge in [-0.3, -0.25) is 10.2 Å². The van der Waals surface area contributed by atoms with Crippen LogP contribution in [0.4, 0.5) is 0 Å². The lowest BCUT2D eigenvalue weighted by Gasteiger charge is -2.11. The minimum atomic E-state index is -0.269. The van der Waals surface area contributed by atoms with Gasteiger partial charge in [0.15, 0.2) is 0 Å². The second kappa shape index (κ2) is 5.97. The maximum Gasteiger partial charge on any atom is 0.238 e. The van der Waals surface area contributed by atoms with Crippen LogP contribution in [0.2, 0.25) is 0 Å². The summed E-state index contributed by atoms with van der Waals surface area (Å²) in [4.78, 5) is 11.2. The highest BCUT2D eigenvalue weighted by Gasteiger charge is 2.09. The summed E-state index contributed by atoms with van der Waals surface area (Å²) in [6, 6.07) is 5.33. The summed E-state index contributed by atoms with van der Waals surface area (Å²) >= 11 is 0. The van der Waals surface area contributed by atoms with Gasteiger partial charge in [0.25, 0.3) is 0 Å². The van der Waals surface area contributed by atoms with Crippen LogP contribution in [0.15, 0.2) is 18.2 Å². The van der Waals surface area contributed by atoms with Crippen molar-refractivity contribution < 1.29 is 14.3 Å². The molecule has 0 fully saturated rings. The minimum absolute atomic E-state index is 0.170. The maximum atomic E-state index is 11.2. The molecule has 0 saturated heterocycles. The number of hydrogen-bond donors (Lipinski definition) is 2. The largest absolute Gasteiger partial charge is 0.497 e. The van der Waals surface area contributed by atoms with Crippen molar-refractivity contribution in [3.63, 3.8) is 0 Å². The lowest BCUT2D eigenvalue weighted by atomic mass is 10.1. The van der Waals surface area contributed by atoms with Gasteiger partial charge in [0.2, 0.25) is 5.91 Å². The van der Waals surface area contributed by atoms with Gasteiger partial charge in [-0.25, -0.2) is 5.84 Å². The van der Waals surface area contributed by atoms with Crippen LogP contribution >= 0.6 is 0 Å². The summed E-state index contributed by atoms with van der Waals surface area (Å²) in [6.45, 7) is 2.43. The van der Waals surface area contributed by atoms with Gasteiger partial charge in [-0.1, -0.05) is 0 Å². The van der Waals surface area contributed by atoms with Gasteiger partial charge in [0.1, 0.15) is 11.5 Å². The molecular formula is C11H16N2O3. The fraction of sp³-hybridized carbons (Fsp3) is 0.364. The van der Waals surface area contributed by atoms with Crippen molar-refractivity contribution in [2.45, 2.75) is 13.3 Å². The van der Waals surface area contributed by atoms with Gasteiger partial charge < -0.3 is 9.47 Å². The van der Waals surface area contributed by atoms with Gasteiger partial charge >= 0.3 is 0 Å². The molecule has 0 bridgehead atoms. The Bertz CT molecular complexity index is 366. The molecule has 0 atom stereocenters. The lowest BCUT2D eigenvalue weighted by molar-refractivity contribution is -0.120. The number of rotatable bonds is 5. The Kier molecular flexibility index (Phi) is 4.60. The third kappa shape index (κ3) is 3.13. The SMILES string of the molecule is CCOc1ccc(OC)cc1CC(=O)NN. The molecule has 16 heavy (non-hydrogen) atoms. The Labute approximate surface area is 94.5 Å². The summed E-state index contributed by atoms with van der Waals surface area (Å²) in [6.07, 6.45) is 0.170. The maximum absolute atomic E-state index is 11.2. The van der Waals surface area contributed by atoms with Crippen LogP contribution in [-0.2, 0) is 11.2 Å². The predicted octanol–water partition coefficient (Wildman–Crippen LogP) is 0.626. The molecule has 0 unspecified atom stereocenters. The van der Waals surface area contributed by atoms with Crippen molar-refractivity contribution in [1.29, 1.82) is 0 Å². The van der Waals surface area contributed by atoms with Crippen molar-refractivity contribution in [3.8, 4) is 11.5 Å². The Hall–Kier alpha value is -1.75. The zero-order valence-electron chi connectivity index (χ0n) is 9.45. The quantitative estimate of drug-likeness (QED) is 0.437. The highest BCUT2D eigenvalue weighted by molar-refractivity contribution is 5.78. The Morgan fingerprint density at radius 2 is 2.25 bits per heavy atom. The average Bonchev–Trinajstić information content (AvgIpc) is 2.31. The molecule has 1 aromatic carbocycles. The first-order valence-electron chi connectivity index (χ1n) is 5.00. The van der Waals surface area contributed by atoms with Gasteiger partial charge in [0.05, 0.1) is 20.1 Å². The number of hydrogen-bond acceptors (Lipinski definition) is 4. The Balaban J connectivity index is 2.95. The van der Waals surface area contributed by atoms with E-state index in [2.05, 4.69) is 5.43 Å². The topological polar surface area (TPSA) is 73.6 Å². The smallest absolute Gasteiger partial charge is 0.238 e. The number of nitrogens with two attached hydrogens (primary N) is 1. The molecule has 0 aliphatic heterocycles. The summed E-state index contributed by atoms with van der Waals surface area (Å²) in [5, 5.41) is 0. The summed E-state index contributed by atoms with van der Waals surface area (Å²) < 4.78 is 10.5. The number of methoxy groups -OCH3 is 1. The van der Waals surface area contributed by atoms with E-state index in [0.717, 1.165) is 5.56 Å². The summed E-state index contributed by atoms with van der Waals surface area (Å²) in [5.74, 6) is 6.13. The Morgan fingerprint density at radius 3 is 2.81 bits per heavy atom. The van der Waals surface area contributed by atoms with Crippen LogP contribution in [0.3, 0.4) is 0 Å². The van der Waals surface area contributed by atoms with E-state index in [-0.39, 0.29) is 12.3 Å². The molecule has 0 aromatic heterocycles. The number of ether oxygens (including phenoxy) is 2. The van der Waals surface area contributed by atoms with E-state index in [1.807, 2.05) is 6.92 Å². The number of hydrazine groups is 1. The number of carbonyl (C=O) groups excluding carboxylic acids is 1. The number of carbonyl (C=O) groups is 1. The zero-order valence-corrected chi connectivity index (χ0v) is 9.45. The summed E-state index contributed by atoms with van der Waals surface area (Å²) in [7, 11) is 1.57. The number of amides is 1. The van der Waals surface area contributed by atoms with Gasteiger partial charge in [-0.2, -0.15) is 0 Å². The van der Waals surface area contributed by atoms with Gasteiger partial charge in [0, 0.05) is 5.56 Å². The number of benzene rings is 1. The fourth-order valence-corrected chi connectivity index (χ4v) is 1.34. The van der Waals surface area contributed by atoms with Crippen molar-refractivity contribution in [2.75, 3.05) is 13.7 Å². The molecule has 3 N–H and O–H groups in total. The van der Waals surface area contributed by atoms with E-state index in [0.29, 0.717) is 18.1 Å². The van der Waals surface area contributed by atoms with Crippen LogP contribution in [0.5, 0.6) is 11.5 Å². The monoisotopic (exact) mass is 224 g/mol.